The number of likely N-dealkylation sites (tertiary alicyclic amines) is 1. The lowest BCUT2D eigenvalue weighted by Gasteiger charge is -2.31. The first-order valence-electron chi connectivity index (χ1n) is 9.73. The Morgan fingerprint density at radius 2 is 1.72 bits per heavy atom. The van der Waals surface area contributed by atoms with Gasteiger partial charge in [-0.05, 0) is 56.3 Å². The number of piperidine rings is 1. The van der Waals surface area contributed by atoms with Gasteiger partial charge in [-0.2, -0.15) is 0 Å². The van der Waals surface area contributed by atoms with Crippen molar-refractivity contribution in [1.29, 1.82) is 0 Å². The number of hydrogen-bond acceptors (Lipinski definition) is 4. The van der Waals surface area contributed by atoms with Crippen molar-refractivity contribution < 1.29 is 14.4 Å². The van der Waals surface area contributed by atoms with Gasteiger partial charge in [0.25, 0.3) is 5.91 Å². The lowest BCUT2D eigenvalue weighted by molar-refractivity contribution is -0.126. The molecule has 154 valence electrons. The predicted octanol–water partition coefficient (Wildman–Crippen LogP) is 3.77. The van der Waals surface area contributed by atoms with E-state index in [9.17, 15) is 14.4 Å². The molecule has 2 aromatic rings. The van der Waals surface area contributed by atoms with Crippen LogP contribution in [0.25, 0.3) is 0 Å². The van der Waals surface area contributed by atoms with Crippen LogP contribution in [0.5, 0.6) is 0 Å². The number of benzene rings is 1. The Balaban J connectivity index is 1.52. The fourth-order valence-corrected chi connectivity index (χ4v) is 3.84. The van der Waals surface area contributed by atoms with E-state index in [1.54, 1.807) is 35.2 Å². The molecule has 0 aliphatic carbocycles. The van der Waals surface area contributed by atoms with Crippen LogP contribution in [0.3, 0.4) is 0 Å². The molecular weight excluding hydrogens is 388 g/mol. The number of rotatable bonds is 5. The quantitative estimate of drug-likeness (QED) is 0.696. The zero-order valence-corrected chi connectivity index (χ0v) is 17.4. The first kappa shape index (κ1) is 20.9. The number of amides is 4. The number of nitrogens with zero attached hydrogens (tertiary/aromatic N) is 1. The smallest absolute Gasteiger partial charge is 0.321 e. The van der Waals surface area contributed by atoms with Gasteiger partial charge in [-0.25, -0.2) is 4.79 Å². The Morgan fingerprint density at radius 1 is 1.03 bits per heavy atom. The molecule has 1 aromatic heterocycles. The van der Waals surface area contributed by atoms with E-state index in [1.165, 1.54) is 11.3 Å². The van der Waals surface area contributed by atoms with Gasteiger partial charge in [0.1, 0.15) is 0 Å². The van der Waals surface area contributed by atoms with Gasteiger partial charge in [-0.1, -0.05) is 12.1 Å². The number of urea groups is 1. The summed E-state index contributed by atoms with van der Waals surface area (Å²) in [5.74, 6) is -0.156. The second-order valence-corrected chi connectivity index (χ2v) is 8.31. The van der Waals surface area contributed by atoms with Gasteiger partial charge in [0.15, 0.2) is 0 Å². The zero-order chi connectivity index (χ0) is 20.8. The molecule has 0 bridgehead atoms. The molecule has 3 rings (SSSR count). The number of nitrogens with one attached hydrogen (secondary N) is 3. The first-order chi connectivity index (χ1) is 13.9. The van der Waals surface area contributed by atoms with Crippen LogP contribution in [0.15, 0.2) is 41.8 Å². The molecule has 1 aliphatic rings. The monoisotopic (exact) mass is 414 g/mol. The predicted molar refractivity (Wildman–Crippen MR) is 115 cm³/mol. The van der Waals surface area contributed by atoms with Crippen LogP contribution < -0.4 is 16.0 Å². The van der Waals surface area contributed by atoms with Crippen molar-refractivity contribution >= 4 is 40.6 Å². The van der Waals surface area contributed by atoms with E-state index in [0.29, 0.717) is 42.2 Å². The second kappa shape index (κ2) is 9.56. The molecule has 7 nitrogen and oxygen atoms in total. The molecule has 1 fully saturated rings. The molecule has 0 saturated carbocycles. The minimum absolute atomic E-state index is 0.0442. The Kier molecular flexibility index (Phi) is 6.87. The molecule has 1 saturated heterocycles. The zero-order valence-electron chi connectivity index (χ0n) is 16.6. The van der Waals surface area contributed by atoms with Gasteiger partial charge in [0.2, 0.25) is 5.91 Å². The molecular formula is C21H26N4O3S. The summed E-state index contributed by atoms with van der Waals surface area (Å²) in [5, 5.41) is 10.5. The van der Waals surface area contributed by atoms with Gasteiger partial charge >= 0.3 is 6.03 Å². The van der Waals surface area contributed by atoms with Crippen molar-refractivity contribution in [1.82, 2.24) is 10.2 Å². The summed E-state index contributed by atoms with van der Waals surface area (Å²) in [4.78, 5) is 39.2. The van der Waals surface area contributed by atoms with Crippen LogP contribution in [0, 0.1) is 5.92 Å². The third kappa shape index (κ3) is 5.80. The van der Waals surface area contributed by atoms with Gasteiger partial charge in [0, 0.05) is 36.4 Å². The molecule has 1 aromatic carbocycles. The summed E-state index contributed by atoms with van der Waals surface area (Å²) < 4.78 is 0. The van der Waals surface area contributed by atoms with E-state index in [1.807, 2.05) is 25.3 Å². The van der Waals surface area contributed by atoms with Crippen molar-refractivity contribution in [2.75, 3.05) is 23.7 Å². The molecule has 0 unspecified atom stereocenters. The molecule has 3 N–H and O–H groups in total. The second-order valence-electron chi connectivity index (χ2n) is 7.37. The van der Waals surface area contributed by atoms with Crippen LogP contribution >= 0.6 is 11.3 Å². The van der Waals surface area contributed by atoms with Crippen LogP contribution in [-0.2, 0) is 4.79 Å². The normalized spacial score (nSPS) is 14.5. The van der Waals surface area contributed by atoms with Gasteiger partial charge in [-0.15, -0.1) is 11.3 Å². The van der Waals surface area contributed by atoms with Crippen LogP contribution in [-0.4, -0.2) is 41.9 Å². The van der Waals surface area contributed by atoms with Gasteiger partial charge in [-0.3, -0.25) is 9.59 Å². The van der Waals surface area contributed by atoms with E-state index >= 15 is 0 Å². The van der Waals surface area contributed by atoms with Crippen molar-refractivity contribution in [3.05, 3.63) is 46.7 Å². The minimum Gasteiger partial charge on any atom is -0.354 e. The highest BCUT2D eigenvalue weighted by atomic mass is 32.1. The summed E-state index contributed by atoms with van der Waals surface area (Å²) in [6, 6.07) is 10.6. The standard InChI is InChI=1S/C21H26N4O3S/c1-14(2)22-19(26)15-8-10-25(11-9-15)21(28)24-17-6-3-5-16(13-17)23-20(27)18-7-4-12-29-18/h3-7,12-15H,8-11H2,1-2H3,(H,22,26)(H,23,27)(H,24,28). The fourth-order valence-electron chi connectivity index (χ4n) is 3.22. The molecule has 0 radical (unpaired) electrons. The van der Waals surface area contributed by atoms with Gasteiger partial charge in [0.05, 0.1) is 4.88 Å². The summed E-state index contributed by atoms with van der Waals surface area (Å²) in [7, 11) is 0. The maximum atomic E-state index is 12.6. The molecule has 29 heavy (non-hydrogen) atoms. The van der Waals surface area contributed by atoms with E-state index in [-0.39, 0.29) is 29.8 Å². The number of anilines is 2. The topological polar surface area (TPSA) is 90.5 Å². The maximum Gasteiger partial charge on any atom is 0.321 e. The lowest BCUT2D eigenvalue weighted by atomic mass is 9.96. The van der Waals surface area contributed by atoms with Crippen LogP contribution in [0.4, 0.5) is 16.2 Å². The summed E-state index contributed by atoms with van der Waals surface area (Å²) in [6.45, 7) is 4.96. The summed E-state index contributed by atoms with van der Waals surface area (Å²) in [5.41, 5.74) is 1.23. The Hall–Kier alpha value is -2.87. The fraction of sp³-hybridized carbons (Fsp3) is 0.381. The Labute approximate surface area is 174 Å². The molecule has 0 atom stereocenters. The van der Waals surface area contributed by atoms with Crippen molar-refractivity contribution in [3.8, 4) is 0 Å². The Morgan fingerprint density at radius 3 is 2.34 bits per heavy atom. The number of thiophene rings is 1. The SMILES string of the molecule is CC(C)NC(=O)C1CCN(C(=O)Nc2cccc(NC(=O)c3cccs3)c2)CC1. The van der Waals surface area contributed by atoms with E-state index < -0.39 is 0 Å². The Bertz CT molecular complexity index is 859. The highest BCUT2D eigenvalue weighted by Crippen LogP contribution is 2.21. The van der Waals surface area contributed by atoms with Gasteiger partial charge < -0.3 is 20.9 Å². The largest absolute Gasteiger partial charge is 0.354 e. The third-order valence-electron chi connectivity index (χ3n) is 4.70. The number of carbonyl (C=O) groups is 3. The average molecular weight is 415 g/mol. The van der Waals surface area contributed by atoms with Crippen molar-refractivity contribution in [2.24, 2.45) is 5.92 Å². The summed E-state index contributed by atoms with van der Waals surface area (Å²) >= 11 is 1.37. The van der Waals surface area contributed by atoms with Crippen LogP contribution in [0.1, 0.15) is 36.4 Å². The summed E-state index contributed by atoms with van der Waals surface area (Å²) in [6.07, 6.45) is 1.31. The van der Waals surface area contributed by atoms with E-state index in [2.05, 4.69) is 16.0 Å². The lowest BCUT2D eigenvalue weighted by Crippen LogP contribution is -2.45. The highest BCUT2D eigenvalue weighted by Gasteiger charge is 2.27. The number of carbonyl (C=O) groups excluding carboxylic acids is 3. The van der Waals surface area contributed by atoms with Crippen LogP contribution in [0.2, 0.25) is 0 Å². The third-order valence-corrected chi connectivity index (χ3v) is 5.57. The molecule has 0 spiro atoms. The molecule has 2 heterocycles. The van der Waals surface area contributed by atoms with E-state index in [0.717, 1.165) is 0 Å². The maximum absolute atomic E-state index is 12.6. The first-order valence-corrected chi connectivity index (χ1v) is 10.6. The minimum atomic E-state index is -0.200. The van der Waals surface area contributed by atoms with Crippen molar-refractivity contribution in [3.63, 3.8) is 0 Å². The van der Waals surface area contributed by atoms with E-state index in [4.69, 9.17) is 0 Å². The molecule has 1 aliphatic heterocycles. The highest BCUT2D eigenvalue weighted by molar-refractivity contribution is 7.12. The number of hydrogen-bond donors (Lipinski definition) is 3. The molecule has 4 amide bonds. The average Bonchev–Trinajstić information content (AvgIpc) is 3.23. The molecule has 8 heteroatoms. The van der Waals surface area contributed by atoms with Crippen molar-refractivity contribution in [2.45, 2.75) is 32.7 Å².